The zero-order chi connectivity index (χ0) is 26.2. The first kappa shape index (κ1) is 23.4. The van der Waals surface area contributed by atoms with Gasteiger partial charge in [0.15, 0.2) is 0 Å². The fourth-order valence-corrected chi connectivity index (χ4v) is 5.30. The minimum absolute atomic E-state index is 0.0621. The molecule has 0 bridgehead atoms. The monoisotopic (exact) mass is 498 g/mol. The van der Waals surface area contributed by atoms with E-state index < -0.39 is 0 Å². The van der Waals surface area contributed by atoms with Crippen LogP contribution in [0.15, 0.2) is 109 Å². The third kappa shape index (κ3) is 4.06. The number of benzene rings is 6. The van der Waals surface area contributed by atoms with Crippen molar-refractivity contribution in [3.05, 3.63) is 131 Å². The van der Waals surface area contributed by atoms with Crippen LogP contribution in [0.1, 0.15) is 22.3 Å². The lowest BCUT2D eigenvalue weighted by Crippen LogP contribution is -1.97. The molecule has 0 atom stereocenters. The van der Waals surface area contributed by atoms with Crippen LogP contribution in [-0.4, -0.2) is 20.4 Å². The van der Waals surface area contributed by atoms with E-state index in [0.29, 0.717) is 46.2 Å². The molecule has 186 valence electrons. The van der Waals surface area contributed by atoms with Gasteiger partial charge in [-0.1, -0.05) is 84.9 Å². The summed E-state index contributed by atoms with van der Waals surface area (Å²) in [6.45, 7) is 0. The van der Waals surface area contributed by atoms with E-state index in [-0.39, 0.29) is 23.0 Å². The quantitative estimate of drug-likeness (QED) is 0.197. The van der Waals surface area contributed by atoms with Gasteiger partial charge in [0, 0.05) is 24.0 Å². The summed E-state index contributed by atoms with van der Waals surface area (Å²) < 4.78 is 0. The third-order valence-corrected chi connectivity index (χ3v) is 7.20. The summed E-state index contributed by atoms with van der Waals surface area (Å²) in [5.41, 5.74) is 3.78. The Morgan fingerprint density at radius 1 is 0.395 bits per heavy atom. The molecule has 0 aliphatic carbocycles. The minimum Gasteiger partial charge on any atom is -0.508 e. The number of fused-ring (bicyclic) bond motifs is 2. The Labute approximate surface area is 220 Å². The van der Waals surface area contributed by atoms with Crippen LogP contribution >= 0.6 is 0 Å². The molecule has 6 aromatic carbocycles. The maximum atomic E-state index is 11.8. The molecule has 38 heavy (non-hydrogen) atoms. The van der Waals surface area contributed by atoms with Crippen LogP contribution in [0.5, 0.6) is 23.0 Å². The first-order chi connectivity index (χ1) is 18.5. The van der Waals surface area contributed by atoms with Crippen molar-refractivity contribution in [3.8, 4) is 34.1 Å². The van der Waals surface area contributed by atoms with Crippen LogP contribution in [0.25, 0.3) is 32.7 Å². The van der Waals surface area contributed by atoms with Gasteiger partial charge in [0.05, 0.1) is 0 Å². The van der Waals surface area contributed by atoms with E-state index in [1.54, 1.807) is 24.3 Å². The molecule has 0 heterocycles. The summed E-state index contributed by atoms with van der Waals surface area (Å²) in [4.78, 5) is 0. The fraction of sp³-hybridized carbons (Fsp3) is 0.0588. The van der Waals surface area contributed by atoms with Crippen LogP contribution < -0.4 is 0 Å². The molecule has 0 saturated carbocycles. The molecule has 0 aliphatic heterocycles. The van der Waals surface area contributed by atoms with Crippen molar-refractivity contribution in [1.82, 2.24) is 0 Å². The maximum Gasteiger partial charge on any atom is 0.127 e. The van der Waals surface area contributed by atoms with E-state index >= 15 is 0 Å². The highest BCUT2D eigenvalue weighted by Gasteiger charge is 2.22. The largest absolute Gasteiger partial charge is 0.508 e. The van der Waals surface area contributed by atoms with Gasteiger partial charge in [-0.3, -0.25) is 0 Å². The SMILES string of the molecule is Oc1ccccc1Cc1cc2ccccc2c(-c2c(O)c(Cc3ccccc3O)cc3ccccc23)c1O. The molecule has 0 spiro atoms. The highest BCUT2D eigenvalue weighted by Crippen LogP contribution is 2.48. The number of rotatable bonds is 5. The predicted octanol–water partition coefficient (Wildman–Crippen LogP) is 7.66. The second-order valence-electron chi connectivity index (χ2n) is 9.57. The summed E-state index contributed by atoms with van der Waals surface area (Å²) in [7, 11) is 0. The van der Waals surface area contributed by atoms with E-state index in [4.69, 9.17) is 0 Å². The van der Waals surface area contributed by atoms with Gasteiger partial charge >= 0.3 is 0 Å². The van der Waals surface area contributed by atoms with Gasteiger partial charge in [-0.25, -0.2) is 0 Å². The molecular weight excluding hydrogens is 472 g/mol. The number of aromatic hydroxyl groups is 4. The lowest BCUT2D eigenvalue weighted by atomic mass is 9.86. The highest BCUT2D eigenvalue weighted by molar-refractivity contribution is 6.10. The number of phenolic OH excluding ortho intramolecular Hbond substituents is 4. The molecule has 0 unspecified atom stereocenters. The molecule has 4 nitrogen and oxygen atoms in total. The van der Waals surface area contributed by atoms with Crippen molar-refractivity contribution in [2.75, 3.05) is 0 Å². The summed E-state index contributed by atoms with van der Waals surface area (Å²) in [5, 5.41) is 47.8. The smallest absolute Gasteiger partial charge is 0.127 e. The highest BCUT2D eigenvalue weighted by atomic mass is 16.3. The molecule has 0 radical (unpaired) electrons. The molecule has 0 amide bonds. The first-order valence-corrected chi connectivity index (χ1v) is 12.5. The lowest BCUT2D eigenvalue weighted by Gasteiger charge is -2.19. The topological polar surface area (TPSA) is 80.9 Å². The van der Waals surface area contributed by atoms with E-state index in [1.165, 1.54) is 0 Å². The van der Waals surface area contributed by atoms with Crippen LogP contribution in [0.3, 0.4) is 0 Å². The zero-order valence-electron chi connectivity index (χ0n) is 20.6. The number of hydrogen-bond acceptors (Lipinski definition) is 4. The van der Waals surface area contributed by atoms with Gasteiger partial charge in [0.2, 0.25) is 0 Å². The molecule has 6 rings (SSSR count). The molecule has 0 saturated heterocycles. The van der Waals surface area contributed by atoms with Crippen molar-refractivity contribution in [2.24, 2.45) is 0 Å². The molecule has 4 heteroatoms. The van der Waals surface area contributed by atoms with Crippen LogP contribution in [0.2, 0.25) is 0 Å². The zero-order valence-corrected chi connectivity index (χ0v) is 20.6. The van der Waals surface area contributed by atoms with Crippen molar-refractivity contribution in [3.63, 3.8) is 0 Å². The average Bonchev–Trinajstić information content (AvgIpc) is 2.93. The Morgan fingerprint density at radius 3 is 1.18 bits per heavy atom. The molecule has 4 N–H and O–H groups in total. The van der Waals surface area contributed by atoms with Gasteiger partial charge in [-0.05, 0) is 68.1 Å². The van der Waals surface area contributed by atoms with Gasteiger partial charge < -0.3 is 20.4 Å². The molecule has 0 fully saturated rings. The van der Waals surface area contributed by atoms with Crippen molar-refractivity contribution >= 4 is 21.5 Å². The lowest BCUT2D eigenvalue weighted by molar-refractivity contribution is 0.459. The maximum absolute atomic E-state index is 11.8. The van der Waals surface area contributed by atoms with E-state index in [0.717, 1.165) is 21.5 Å². The van der Waals surface area contributed by atoms with Crippen molar-refractivity contribution < 1.29 is 20.4 Å². The normalized spacial score (nSPS) is 11.3. The Morgan fingerprint density at radius 2 is 0.763 bits per heavy atom. The minimum atomic E-state index is 0.0621. The standard InChI is InChI=1S/C34H26O4/c35-29-15-7-3-11-23(29)19-25-17-21-9-1-5-13-27(21)31(33(25)37)32-28-14-6-2-10-22(28)18-26(34(32)38)20-24-12-4-8-16-30(24)36/h1-18,35-38H,19-20H2. The van der Waals surface area contributed by atoms with E-state index in [9.17, 15) is 20.4 Å². The summed E-state index contributed by atoms with van der Waals surface area (Å²) in [5.74, 6) is 0.457. The molecule has 0 aliphatic rings. The summed E-state index contributed by atoms with van der Waals surface area (Å²) >= 11 is 0. The van der Waals surface area contributed by atoms with Gasteiger partial charge in [-0.15, -0.1) is 0 Å². The average molecular weight is 499 g/mol. The molecule has 0 aromatic heterocycles. The summed E-state index contributed by atoms with van der Waals surface area (Å²) in [6.07, 6.45) is 0.652. The second kappa shape index (κ2) is 9.49. The van der Waals surface area contributed by atoms with Gasteiger partial charge in [0.1, 0.15) is 23.0 Å². The van der Waals surface area contributed by atoms with Crippen LogP contribution in [0, 0.1) is 0 Å². The van der Waals surface area contributed by atoms with E-state index in [1.807, 2.05) is 84.9 Å². The number of phenols is 4. The number of para-hydroxylation sites is 2. The first-order valence-electron chi connectivity index (χ1n) is 12.5. The number of hydrogen-bond donors (Lipinski definition) is 4. The van der Waals surface area contributed by atoms with Crippen LogP contribution in [0.4, 0.5) is 0 Å². The Kier molecular flexibility index (Phi) is 5.85. The molecular formula is C34H26O4. The second-order valence-corrected chi connectivity index (χ2v) is 9.57. The Bertz CT molecular complexity index is 1690. The Balaban J connectivity index is 1.64. The predicted molar refractivity (Wildman–Crippen MR) is 152 cm³/mol. The third-order valence-electron chi connectivity index (χ3n) is 7.20. The van der Waals surface area contributed by atoms with Gasteiger partial charge in [0.25, 0.3) is 0 Å². The summed E-state index contributed by atoms with van der Waals surface area (Å²) in [6, 6.07) is 33.6. The molecule has 6 aromatic rings. The fourth-order valence-electron chi connectivity index (χ4n) is 5.30. The van der Waals surface area contributed by atoms with Crippen LogP contribution in [-0.2, 0) is 12.8 Å². The Hall–Kier alpha value is -4.96. The van der Waals surface area contributed by atoms with Crippen molar-refractivity contribution in [2.45, 2.75) is 12.8 Å². The van der Waals surface area contributed by atoms with E-state index in [2.05, 4.69) is 0 Å². The van der Waals surface area contributed by atoms with Crippen molar-refractivity contribution in [1.29, 1.82) is 0 Å². The van der Waals surface area contributed by atoms with Gasteiger partial charge in [-0.2, -0.15) is 0 Å².